The third-order valence-corrected chi connectivity index (χ3v) is 5.25. The number of piperidine rings is 1. The fourth-order valence-corrected chi connectivity index (χ4v) is 3.52. The number of likely N-dealkylation sites (tertiary alicyclic amines) is 1. The average Bonchev–Trinajstić information content (AvgIpc) is 2.49. The van der Waals surface area contributed by atoms with Crippen LogP contribution in [0.1, 0.15) is 38.7 Å². The summed E-state index contributed by atoms with van der Waals surface area (Å²) < 4.78 is 13.6. The van der Waals surface area contributed by atoms with Crippen molar-refractivity contribution in [1.29, 1.82) is 0 Å². The highest BCUT2D eigenvalue weighted by Gasteiger charge is 2.35. The Kier molecular flexibility index (Phi) is 5.64. The SMILES string of the molecule is CNC(Cc1cccc(F)c1Cl)C(C)(C)N1CCCCC1. The Balaban J connectivity index is 2.16. The first-order chi connectivity index (χ1) is 9.96. The largest absolute Gasteiger partial charge is 0.315 e. The molecule has 21 heavy (non-hydrogen) atoms. The fourth-order valence-electron chi connectivity index (χ4n) is 3.32. The van der Waals surface area contributed by atoms with Crippen LogP contribution in [-0.2, 0) is 6.42 Å². The van der Waals surface area contributed by atoms with Crippen LogP contribution in [0.4, 0.5) is 4.39 Å². The zero-order valence-corrected chi connectivity index (χ0v) is 14.0. The van der Waals surface area contributed by atoms with E-state index >= 15 is 0 Å². The van der Waals surface area contributed by atoms with Crippen LogP contribution in [0, 0.1) is 5.82 Å². The van der Waals surface area contributed by atoms with E-state index in [1.54, 1.807) is 6.07 Å². The Bertz CT molecular complexity index is 470. The lowest BCUT2D eigenvalue weighted by Crippen LogP contribution is -2.59. The minimum Gasteiger partial charge on any atom is -0.315 e. The first-order valence-electron chi connectivity index (χ1n) is 7.82. The number of nitrogens with zero attached hydrogens (tertiary/aromatic N) is 1. The molecule has 0 spiro atoms. The first kappa shape index (κ1) is 16.7. The van der Waals surface area contributed by atoms with E-state index in [1.165, 1.54) is 25.3 Å². The summed E-state index contributed by atoms with van der Waals surface area (Å²) >= 11 is 6.11. The van der Waals surface area contributed by atoms with Gasteiger partial charge in [0.2, 0.25) is 0 Å². The van der Waals surface area contributed by atoms with Crippen LogP contribution >= 0.6 is 11.6 Å². The predicted molar refractivity (Wildman–Crippen MR) is 87.5 cm³/mol. The van der Waals surface area contributed by atoms with Crippen molar-refractivity contribution in [1.82, 2.24) is 10.2 Å². The minimum atomic E-state index is -0.334. The number of likely N-dealkylation sites (N-methyl/N-ethyl adjacent to an activating group) is 1. The molecule has 1 N–H and O–H groups in total. The molecule has 1 aliphatic heterocycles. The maximum atomic E-state index is 13.6. The van der Waals surface area contributed by atoms with E-state index < -0.39 is 0 Å². The standard InChI is InChI=1S/C17H26ClFN2/c1-17(2,21-10-5-4-6-11-21)15(20-3)12-13-8-7-9-14(19)16(13)18/h7-9,15,20H,4-6,10-12H2,1-3H3. The van der Waals surface area contributed by atoms with Crippen molar-refractivity contribution in [2.75, 3.05) is 20.1 Å². The Hall–Kier alpha value is -0.640. The summed E-state index contributed by atoms with van der Waals surface area (Å²) in [6.45, 7) is 6.82. The Labute approximate surface area is 132 Å². The van der Waals surface area contributed by atoms with Crippen LogP contribution in [0.5, 0.6) is 0 Å². The van der Waals surface area contributed by atoms with Gasteiger partial charge in [-0.1, -0.05) is 30.2 Å². The van der Waals surface area contributed by atoms with E-state index in [0.29, 0.717) is 0 Å². The number of hydrogen-bond donors (Lipinski definition) is 1. The monoisotopic (exact) mass is 312 g/mol. The van der Waals surface area contributed by atoms with Crippen molar-refractivity contribution >= 4 is 11.6 Å². The molecule has 1 aromatic carbocycles. The molecule has 0 radical (unpaired) electrons. The molecule has 0 aromatic heterocycles. The van der Waals surface area contributed by atoms with Crippen LogP contribution in [-0.4, -0.2) is 36.6 Å². The van der Waals surface area contributed by atoms with Crippen molar-refractivity contribution in [3.05, 3.63) is 34.6 Å². The molecule has 4 heteroatoms. The Morgan fingerprint density at radius 1 is 1.29 bits per heavy atom. The van der Waals surface area contributed by atoms with Gasteiger partial charge in [-0.05, 0) is 64.9 Å². The molecule has 1 heterocycles. The zero-order valence-electron chi connectivity index (χ0n) is 13.3. The molecule has 118 valence electrons. The van der Waals surface area contributed by atoms with Gasteiger partial charge in [-0.2, -0.15) is 0 Å². The Morgan fingerprint density at radius 2 is 1.95 bits per heavy atom. The molecular weight excluding hydrogens is 287 g/mol. The summed E-state index contributed by atoms with van der Waals surface area (Å²) in [5.74, 6) is -0.334. The molecule has 2 nitrogen and oxygen atoms in total. The molecule has 2 rings (SSSR count). The van der Waals surface area contributed by atoms with Gasteiger partial charge in [0.25, 0.3) is 0 Å². The topological polar surface area (TPSA) is 15.3 Å². The summed E-state index contributed by atoms with van der Waals surface area (Å²) in [6, 6.07) is 5.30. The molecule has 1 aliphatic rings. The van der Waals surface area contributed by atoms with Crippen molar-refractivity contribution in [3.63, 3.8) is 0 Å². The van der Waals surface area contributed by atoms with Gasteiger partial charge in [-0.25, -0.2) is 4.39 Å². The van der Waals surface area contributed by atoms with Gasteiger partial charge in [-0.3, -0.25) is 4.90 Å². The third kappa shape index (κ3) is 3.77. The van der Waals surface area contributed by atoms with Gasteiger partial charge >= 0.3 is 0 Å². The molecule has 1 atom stereocenters. The minimum absolute atomic E-state index is 0.0187. The maximum Gasteiger partial charge on any atom is 0.142 e. The van der Waals surface area contributed by atoms with Gasteiger partial charge in [-0.15, -0.1) is 0 Å². The Morgan fingerprint density at radius 3 is 2.57 bits per heavy atom. The molecule has 0 saturated carbocycles. The molecule has 0 aliphatic carbocycles. The number of benzene rings is 1. The molecular formula is C17H26ClFN2. The second kappa shape index (κ2) is 7.08. The number of halogens is 2. The molecule has 1 unspecified atom stereocenters. The van der Waals surface area contributed by atoms with Crippen LogP contribution < -0.4 is 5.32 Å². The average molecular weight is 313 g/mol. The van der Waals surface area contributed by atoms with Gasteiger partial charge in [0.1, 0.15) is 5.82 Å². The van der Waals surface area contributed by atoms with Gasteiger partial charge < -0.3 is 5.32 Å². The van der Waals surface area contributed by atoms with Gasteiger partial charge in [0.05, 0.1) is 5.02 Å². The van der Waals surface area contributed by atoms with Crippen LogP contribution in [0.2, 0.25) is 5.02 Å². The predicted octanol–water partition coefficient (Wildman–Crippen LogP) is 3.87. The lowest BCUT2D eigenvalue weighted by atomic mass is 9.86. The van der Waals surface area contributed by atoms with Gasteiger partial charge in [0, 0.05) is 11.6 Å². The summed E-state index contributed by atoms with van der Waals surface area (Å²) in [5, 5.41) is 3.67. The van der Waals surface area contributed by atoms with E-state index in [1.807, 2.05) is 13.1 Å². The second-order valence-corrected chi connectivity index (χ2v) is 6.84. The molecule has 1 saturated heterocycles. The summed E-state index contributed by atoms with van der Waals surface area (Å²) in [6.07, 6.45) is 4.59. The van der Waals surface area contributed by atoms with E-state index in [9.17, 15) is 4.39 Å². The quantitative estimate of drug-likeness (QED) is 0.888. The molecule has 1 fully saturated rings. The van der Waals surface area contributed by atoms with Crippen molar-refractivity contribution in [2.45, 2.75) is 51.1 Å². The summed E-state index contributed by atoms with van der Waals surface area (Å²) in [4.78, 5) is 2.55. The highest BCUT2D eigenvalue weighted by molar-refractivity contribution is 6.31. The van der Waals surface area contributed by atoms with Crippen molar-refractivity contribution < 1.29 is 4.39 Å². The van der Waals surface area contributed by atoms with E-state index in [2.05, 4.69) is 24.1 Å². The van der Waals surface area contributed by atoms with E-state index in [-0.39, 0.29) is 22.4 Å². The molecule has 1 aromatic rings. The zero-order chi connectivity index (χ0) is 15.5. The molecule has 0 bridgehead atoms. The lowest BCUT2D eigenvalue weighted by molar-refractivity contribution is 0.0635. The first-order valence-corrected chi connectivity index (χ1v) is 8.20. The van der Waals surface area contributed by atoms with E-state index in [0.717, 1.165) is 25.1 Å². The summed E-state index contributed by atoms with van der Waals surface area (Å²) in [7, 11) is 1.98. The third-order valence-electron chi connectivity index (χ3n) is 4.83. The van der Waals surface area contributed by atoms with Crippen LogP contribution in [0.3, 0.4) is 0 Å². The van der Waals surface area contributed by atoms with Crippen LogP contribution in [0.15, 0.2) is 18.2 Å². The van der Waals surface area contributed by atoms with Gasteiger partial charge in [0.15, 0.2) is 0 Å². The number of rotatable bonds is 5. The highest BCUT2D eigenvalue weighted by atomic mass is 35.5. The highest BCUT2D eigenvalue weighted by Crippen LogP contribution is 2.28. The fraction of sp³-hybridized carbons (Fsp3) is 0.647. The van der Waals surface area contributed by atoms with Crippen LogP contribution in [0.25, 0.3) is 0 Å². The smallest absolute Gasteiger partial charge is 0.142 e. The summed E-state index contributed by atoms with van der Waals surface area (Å²) in [5.41, 5.74) is 0.895. The normalized spacial score (nSPS) is 18.7. The maximum absolute atomic E-state index is 13.6. The number of nitrogens with one attached hydrogen (secondary N) is 1. The van der Waals surface area contributed by atoms with E-state index in [4.69, 9.17) is 11.6 Å². The lowest BCUT2D eigenvalue weighted by Gasteiger charge is -2.46. The molecule has 0 amide bonds. The second-order valence-electron chi connectivity index (χ2n) is 6.46. The van der Waals surface area contributed by atoms with Crippen molar-refractivity contribution in [2.24, 2.45) is 0 Å². The number of hydrogen-bond acceptors (Lipinski definition) is 2. The van der Waals surface area contributed by atoms with Crippen molar-refractivity contribution in [3.8, 4) is 0 Å².